The third kappa shape index (κ3) is 7.19. The molecule has 0 atom stereocenters. The van der Waals surface area contributed by atoms with Crippen molar-refractivity contribution in [2.24, 2.45) is 0 Å². The Labute approximate surface area is 130 Å². The number of carbonyl (C=O) groups excluding carboxylic acids is 2. The number of nitrogens with one attached hydrogen (secondary N) is 3. The van der Waals surface area contributed by atoms with E-state index in [1.165, 1.54) is 6.92 Å². The van der Waals surface area contributed by atoms with Crippen molar-refractivity contribution >= 4 is 33.2 Å². The molecule has 1 aromatic rings. The standard InChI is InChI=1S/C14H21N3O4S/c1-3-4-8-22(20,21)15-10-14(19)17-13-7-5-6-12(9-13)16-11(2)18/h5-7,9,15H,3-4,8,10H2,1-2H3,(H,16,18)(H,17,19). The molecule has 0 spiro atoms. The van der Waals surface area contributed by atoms with E-state index in [0.29, 0.717) is 17.8 Å². The molecule has 0 aromatic heterocycles. The maximum Gasteiger partial charge on any atom is 0.239 e. The number of hydrogen-bond acceptors (Lipinski definition) is 4. The van der Waals surface area contributed by atoms with Crippen LogP contribution in [0.2, 0.25) is 0 Å². The summed E-state index contributed by atoms with van der Waals surface area (Å²) in [5.74, 6) is -0.679. The predicted octanol–water partition coefficient (Wildman–Crippen LogP) is 1.30. The fourth-order valence-corrected chi connectivity index (χ4v) is 2.83. The van der Waals surface area contributed by atoms with Gasteiger partial charge in [0.2, 0.25) is 21.8 Å². The minimum atomic E-state index is -3.42. The molecule has 0 fully saturated rings. The molecular formula is C14H21N3O4S. The van der Waals surface area contributed by atoms with E-state index in [0.717, 1.165) is 6.42 Å². The van der Waals surface area contributed by atoms with Gasteiger partial charge in [-0.2, -0.15) is 0 Å². The highest BCUT2D eigenvalue weighted by molar-refractivity contribution is 7.89. The smallest absolute Gasteiger partial charge is 0.239 e. The molecule has 122 valence electrons. The van der Waals surface area contributed by atoms with E-state index in [9.17, 15) is 18.0 Å². The zero-order chi connectivity index (χ0) is 16.6. The monoisotopic (exact) mass is 327 g/mol. The Kier molecular flexibility index (Phi) is 7.00. The summed E-state index contributed by atoms with van der Waals surface area (Å²) >= 11 is 0. The van der Waals surface area contributed by atoms with Crippen molar-refractivity contribution in [3.63, 3.8) is 0 Å². The molecule has 0 saturated heterocycles. The molecule has 1 aromatic carbocycles. The van der Waals surface area contributed by atoms with Crippen LogP contribution in [0.5, 0.6) is 0 Å². The van der Waals surface area contributed by atoms with Crippen LogP contribution in [0.1, 0.15) is 26.7 Å². The molecule has 0 radical (unpaired) electrons. The Morgan fingerprint density at radius 1 is 1.14 bits per heavy atom. The number of benzene rings is 1. The van der Waals surface area contributed by atoms with Gasteiger partial charge in [0.15, 0.2) is 0 Å². The molecule has 8 heteroatoms. The highest BCUT2D eigenvalue weighted by atomic mass is 32.2. The highest BCUT2D eigenvalue weighted by Crippen LogP contribution is 2.14. The third-order valence-electron chi connectivity index (χ3n) is 2.69. The first-order chi connectivity index (χ1) is 10.3. The van der Waals surface area contributed by atoms with Crippen molar-refractivity contribution in [1.29, 1.82) is 0 Å². The van der Waals surface area contributed by atoms with E-state index in [4.69, 9.17) is 0 Å². The number of carbonyl (C=O) groups is 2. The van der Waals surface area contributed by atoms with E-state index in [2.05, 4.69) is 15.4 Å². The number of sulfonamides is 1. The SMILES string of the molecule is CCCCS(=O)(=O)NCC(=O)Nc1cccc(NC(C)=O)c1. The molecule has 0 aliphatic heterocycles. The molecular weight excluding hydrogens is 306 g/mol. The van der Waals surface area contributed by atoms with Gasteiger partial charge in [-0.05, 0) is 24.6 Å². The van der Waals surface area contributed by atoms with Gasteiger partial charge in [0.05, 0.1) is 12.3 Å². The first-order valence-corrected chi connectivity index (χ1v) is 8.62. The number of unbranched alkanes of at least 4 members (excludes halogenated alkanes) is 1. The largest absolute Gasteiger partial charge is 0.326 e. The fourth-order valence-electron chi connectivity index (χ4n) is 1.67. The van der Waals surface area contributed by atoms with Crippen LogP contribution in [0.15, 0.2) is 24.3 Å². The quantitative estimate of drug-likeness (QED) is 0.669. The zero-order valence-electron chi connectivity index (χ0n) is 12.7. The van der Waals surface area contributed by atoms with Crippen molar-refractivity contribution < 1.29 is 18.0 Å². The van der Waals surface area contributed by atoms with Crippen molar-refractivity contribution in [3.05, 3.63) is 24.3 Å². The normalized spacial score (nSPS) is 11.0. The lowest BCUT2D eigenvalue weighted by molar-refractivity contribution is -0.115. The van der Waals surface area contributed by atoms with Gasteiger partial charge < -0.3 is 10.6 Å². The van der Waals surface area contributed by atoms with Gasteiger partial charge in [-0.25, -0.2) is 13.1 Å². The molecule has 1 rings (SSSR count). The average molecular weight is 327 g/mol. The van der Waals surface area contributed by atoms with Gasteiger partial charge in [-0.1, -0.05) is 19.4 Å². The lowest BCUT2D eigenvalue weighted by Gasteiger charge is -2.09. The van der Waals surface area contributed by atoms with Crippen molar-refractivity contribution in [3.8, 4) is 0 Å². The second-order valence-electron chi connectivity index (χ2n) is 4.80. The molecule has 7 nitrogen and oxygen atoms in total. The molecule has 0 bridgehead atoms. The average Bonchev–Trinajstić information content (AvgIpc) is 2.43. The van der Waals surface area contributed by atoms with Gasteiger partial charge in [-0.15, -0.1) is 0 Å². The van der Waals surface area contributed by atoms with Crippen molar-refractivity contribution in [2.75, 3.05) is 22.9 Å². The third-order valence-corrected chi connectivity index (χ3v) is 4.10. The van der Waals surface area contributed by atoms with Crippen LogP contribution < -0.4 is 15.4 Å². The minimum Gasteiger partial charge on any atom is -0.326 e. The van der Waals surface area contributed by atoms with Gasteiger partial charge in [0.25, 0.3) is 0 Å². The molecule has 0 heterocycles. The summed E-state index contributed by atoms with van der Waals surface area (Å²) in [6.45, 7) is 2.96. The maximum absolute atomic E-state index is 11.7. The van der Waals surface area contributed by atoms with Crippen molar-refractivity contribution in [1.82, 2.24) is 4.72 Å². The van der Waals surface area contributed by atoms with Crippen LogP contribution >= 0.6 is 0 Å². The first kappa shape index (κ1) is 18.1. The summed E-state index contributed by atoms with van der Waals surface area (Å²) in [6.07, 6.45) is 1.32. The summed E-state index contributed by atoms with van der Waals surface area (Å²) in [4.78, 5) is 22.7. The lowest BCUT2D eigenvalue weighted by Crippen LogP contribution is -2.34. The van der Waals surface area contributed by atoms with Crippen LogP contribution in [0.25, 0.3) is 0 Å². The fraction of sp³-hybridized carbons (Fsp3) is 0.429. The zero-order valence-corrected chi connectivity index (χ0v) is 13.5. The molecule has 0 aliphatic rings. The molecule has 2 amide bonds. The van der Waals surface area contributed by atoms with E-state index < -0.39 is 15.9 Å². The molecule has 0 aliphatic carbocycles. The Hall–Kier alpha value is -1.93. The first-order valence-electron chi connectivity index (χ1n) is 6.97. The Morgan fingerprint density at radius 2 is 1.77 bits per heavy atom. The summed E-state index contributed by atoms with van der Waals surface area (Å²) in [7, 11) is -3.42. The molecule has 22 heavy (non-hydrogen) atoms. The number of rotatable bonds is 8. The number of anilines is 2. The van der Waals surface area contributed by atoms with E-state index in [1.807, 2.05) is 6.92 Å². The van der Waals surface area contributed by atoms with Crippen LogP contribution in [-0.4, -0.2) is 32.5 Å². The van der Waals surface area contributed by atoms with Gasteiger partial charge in [0, 0.05) is 18.3 Å². The second kappa shape index (κ2) is 8.50. The lowest BCUT2D eigenvalue weighted by atomic mass is 10.2. The van der Waals surface area contributed by atoms with Crippen molar-refractivity contribution in [2.45, 2.75) is 26.7 Å². The molecule has 3 N–H and O–H groups in total. The highest BCUT2D eigenvalue weighted by Gasteiger charge is 2.11. The van der Waals surface area contributed by atoms with Gasteiger partial charge in [-0.3, -0.25) is 9.59 Å². The summed E-state index contributed by atoms with van der Waals surface area (Å²) in [5.41, 5.74) is 1.03. The van der Waals surface area contributed by atoms with E-state index >= 15 is 0 Å². The maximum atomic E-state index is 11.7. The summed E-state index contributed by atoms with van der Waals surface area (Å²) in [5, 5.41) is 5.16. The van der Waals surface area contributed by atoms with E-state index in [1.54, 1.807) is 24.3 Å². The second-order valence-corrected chi connectivity index (χ2v) is 6.73. The number of hydrogen-bond donors (Lipinski definition) is 3. The topological polar surface area (TPSA) is 104 Å². The summed E-state index contributed by atoms with van der Waals surface area (Å²) < 4.78 is 25.4. The van der Waals surface area contributed by atoms with Crippen LogP contribution in [0, 0.1) is 0 Å². The van der Waals surface area contributed by atoms with Gasteiger partial charge in [0.1, 0.15) is 0 Å². The molecule has 0 saturated carbocycles. The van der Waals surface area contributed by atoms with Crippen LogP contribution in [0.3, 0.4) is 0 Å². The summed E-state index contributed by atoms with van der Waals surface area (Å²) in [6, 6.07) is 6.59. The Balaban J connectivity index is 2.53. The Morgan fingerprint density at radius 3 is 2.36 bits per heavy atom. The number of amides is 2. The van der Waals surface area contributed by atoms with E-state index in [-0.39, 0.29) is 18.2 Å². The van der Waals surface area contributed by atoms with Gasteiger partial charge >= 0.3 is 0 Å². The minimum absolute atomic E-state index is 0.00873. The van der Waals surface area contributed by atoms with Crippen LogP contribution in [0.4, 0.5) is 11.4 Å². The predicted molar refractivity (Wildman–Crippen MR) is 86.1 cm³/mol. The Bertz CT molecular complexity index is 629. The molecule has 0 unspecified atom stereocenters. The van der Waals surface area contributed by atoms with Crippen LogP contribution in [-0.2, 0) is 19.6 Å².